The van der Waals surface area contributed by atoms with Crippen LogP contribution in [0, 0.1) is 0 Å². The van der Waals surface area contributed by atoms with Crippen LogP contribution >= 0.6 is 15.9 Å². The molecule has 1 amide bonds. The Hall–Kier alpha value is -2.34. The Bertz CT molecular complexity index is 922. The Labute approximate surface area is 147 Å². The van der Waals surface area contributed by atoms with Gasteiger partial charge in [-0.1, -0.05) is 46.3 Å². The van der Waals surface area contributed by atoms with E-state index in [4.69, 9.17) is 0 Å². The van der Waals surface area contributed by atoms with Gasteiger partial charge in [0.05, 0.1) is 17.9 Å². The average molecular weight is 386 g/mol. The van der Waals surface area contributed by atoms with Crippen molar-refractivity contribution in [2.24, 2.45) is 0 Å². The first kappa shape index (κ1) is 15.2. The molecule has 0 bridgehead atoms. The number of carboxylic acid groups (broad SMARTS) is 1. The first-order valence-electron chi connectivity index (χ1n) is 7.87. The Kier molecular flexibility index (Phi) is 3.76. The molecule has 5 nitrogen and oxygen atoms in total. The minimum Gasteiger partial charge on any atom is -0.465 e. The molecule has 1 aromatic heterocycles. The zero-order chi connectivity index (χ0) is 16.7. The van der Waals surface area contributed by atoms with Gasteiger partial charge >= 0.3 is 6.09 Å². The Morgan fingerprint density at radius 1 is 1.25 bits per heavy atom. The quantitative estimate of drug-likeness (QED) is 0.664. The molecule has 1 fully saturated rings. The third kappa shape index (κ3) is 2.47. The molecule has 122 valence electrons. The van der Waals surface area contributed by atoms with Crippen molar-refractivity contribution in [1.82, 2.24) is 14.9 Å². The molecule has 0 aliphatic carbocycles. The predicted molar refractivity (Wildman–Crippen MR) is 95.9 cm³/mol. The van der Waals surface area contributed by atoms with Crippen LogP contribution < -0.4 is 0 Å². The second kappa shape index (κ2) is 5.94. The van der Waals surface area contributed by atoms with Gasteiger partial charge in [-0.3, -0.25) is 4.90 Å². The zero-order valence-corrected chi connectivity index (χ0v) is 14.5. The van der Waals surface area contributed by atoms with Gasteiger partial charge in [-0.15, -0.1) is 0 Å². The summed E-state index contributed by atoms with van der Waals surface area (Å²) in [6, 6.07) is 12.1. The third-order valence-electron chi connectivity index (χ3n) is 4.57. The molecule has 24 heavy (non-hydrogen) atoms. The molecule has 2 heterocycles. The summed E-state index contributed by atoms with van der Waals surface area (Å²) < 4.78 is 1.05. The van der Waals surface area contributed by atoms with Gasteiger partial charge in [-0.05, 0) is 29.7 Å². The minimum absolute atomic E-state index is 0.182. The van der Waals surface area contributed by atoms with E-state index in [1.54, 1.807) is 6.20 Å². The summed E-state index contributed by atoms with van der Waals surface area (Å²) in [5.41, 5.74) is 1.97. The van der Waals surface area contributed by atoms with Crippen molar-refractivity contribution < 1.29 is 9.90 Å². The van der Waals surface area contributed by atoms with E-state index in [0.717, 1.165) is 45.2 Å². The molecule has 1 unspecified atom stereocenters. The number of amides is 1. The van der Waals surface area contributed by atoms with Gasteiger partial charge in [0.15, 0.2) is 0 Å². The van der Waals surface area contributed by atoms with Crippen molar-refractivity contribution in [3.63, 3.8) is 0 Å². The number of nitrogens with zero attached hydrogens (tertiary/aromatic N) is 2. The summed E-state index contributed by atoms with van der Waals surface area (Å²) in [5.74, 6) is 0.719. The molecular formula is C18H16BrN3O2. The second-order valence-corrected chi connectivity index (χ2v) is 6.81. The van der Waals surface area contributed by atoms with Crippen LogP contribution in [-0.2, 0) is 0 Å². The van der Waals surface area contributed by atoms with Crippen LogP contribution in [0.4, 0.5) is 4.79 Å². The number of hydrogen-bond donors (Lipinski definition) is 2. The lowest BCUT2D eigenvalue weighted by molar-refractivity contribution is 0.139. The van der Waals surface area contributed by atoms with Crippen LogP contribution in [0.2, 0.25) is 0 Å². The van der Waals surface area contributed by atoms with Crippen LogP contribution in [0.3, 0.4) is 0 Å². The van der Waals surface area contributed by atoms with Crippen molar-refractivity contribution >= 4 is 32.8 Å². The fraction of sp³-hybridized carbons (Fsp3) is 0.222. The van der Waals surface area contributed by atoms with Crippen LogP contribution in [0.25, 0.3) is 22.0 Å². The van der Waals surface area contributed by atoms with Gasteiger partial charge in [0, 0.05) is 16.6 Å². The summed E-state index contributed by atoms with van der Waals surface area (Å²) in [5, 5.41) is 11.6. The maximum absolute atomic E-state index is 11.4. The minimum atomic E-state index is -0.885. The topological polar surface area (TPSA) is 69.2 Å². The molecule has 2 N–H and O–H groups in total. The van der Waals surface area contributed by atoms with Crippen LogP contribution in [0.5, 0.6) is 0 Å². The van der Waals surface area contributed by atoms with E-state index in [9.17, 15) is 9.90 Å². The fourth-order valence-corrected chi connectivity index (χ4v) is 3.90. The predicted octanol–water partition coefficient (Wildman–Crippen LogP) is 4.81. The number of likely N-dealkylation sites (tertiary alicyclic amines) is 1. The van der Waals surface area contributed by atoms with E-state index in [-0.39, 0.29) is 6.04 Å². The van der Waals surface area contributed by atoms with Crippen molar-refractivity contribution in [3.8, 4) is 11.3 Å². The number of aromatic nitrogens is 2. The Balaban J connectivity index is 1.76. The van der Waals surface area contributed by atoms with E-state index < -0.39 is 6.09 Å². The molecular weight excluding hydrogens is 370 g/mol. The number of aromatic amines is 1. The van der Waals surface area contributed by atoms with Gasteiger partial charge in [0.1, 0.15) is 5.82 Å². The summed E-state index contributed by atoms with van der Waals surface area (Å²) in [6.45, 7) is 0.567. The number of hydrogen-bond acceptors (Lipinski definition) is 2. The third-order valence-corrected chi connectivity index (χ3v) is 5.26. The molecule has 0 saturated carbocycles. The zero-order valence-electron chi connectivity index (χ0n) is 12.9. The van der Waals surface area contributed by atoms with Gasteiger partial charge < -0.3 is 10.1 Å². The van der Waals surface area contributed by atoms with Crippen LogP contribution in [0.15, 0.2) is 47.1 Å². The van der Waals surface area contributed by atoms with Gasteiger partial charge in [-0.25, -0.2) is 9.78 Å². The summed E-state index contributed by atoms with van der Waals surface area (Å²) in [4.78, 5) is 20.6. The number of H-pyrrole nitrogens is 1. The largest absolute Gasteiger partial charge is 0.465 e. The number of rotatable bonds is 2. The molecule has 1 atom stereocenters. The Morgan fingerprint density at radius 3 is 2.83 bits per heavy atom. The first-order valence-corrected chi connectivity index (χ1v) is 8.66. The van der Waals surface area contributed by atoms with E-state index in [1.165, 1.54) is 4.90 Å². The molecule has 0 radical (unpaired) electrons. The molecule has 0 spiro atoms. The van der Waals surface area contributed by atoms with E-state index >= 15 is 0 Å². The first-order chi connectivity index (χ1) is 11.6. The SMILES string of the molecule is O=C(O)N1CCCC1c1ncc(-c2ccc(Br)c3ccccc23)[nH]1. The normalized spacial score (nSPS) is 17.5. The highest BCUT2D eigenvalue weighted by atomic mass is 79.9. The molecule has 4 rings (SSSR count). The maximum Gasteiger partial charge on any atom is 0.407 e. The van der Waals surface area contributed by atoms with Gasteiger partial charge in [-0.2, -0.15) is 0 Å². The van der Waals surface area contributed by atoms with E-state index in [2.05, 4.69) is 38.0 Å². The lowest BCUT2D eigenvalue weighted by Gasteiger charge is -2.19. The van der Waals surface area contributed by atoms with Crippen molar-refractivity contribution in [3.05, 3.63) is 52.9 Å². The van der Waals surface area contributed by atoms with E-state index in [0.29, 0.717) is 6.54 Å². The van der Waals surface area contributed by atoms with Crippen LogP contribution in [0.1, 0.15) is 24.7 Å². The monoisotopic (exact) mass is 385 g/mol. The lowest BCUT2D eigenvalue weighted by atomic mass is 10.0. The molecule has 1 aliphatic heterocycles. The summed E-state index contributed by atoms with van der Waals surface area (Å²) in [6.07, 6.45) is 2.59. The highest BCUT2D eigenvalue weighted by molar-refractivity contribution is 9.10. The maximum atomic E-state index is 11.4. The number of carbonyl (C=O) groups is 1. The highest BCUT2D eigenvalue weighted by Crippen LogP contribution is 2.35. The average Bonchev–Trinajstić information content (AvgIpc) is 3.24. The number of imidazole rings is 1. The molecule has 3 aromatic rings. The second-order valence-electron chi connectivity index (χ2n) is 5.96. The standard InChI is InChI=1S/C18H16BrN3O2/c19-14-8-7-13(11-4-1-2-5-12(11)14)15-10-20-17(21-15)16-6-3-9-22(16)18(23)24/h1-2,4-5,7-8,10,16H,3,6,9H2,(H,20,21)(H,23,24). The van der Waals surface area contributed by atoms with Crippen molar-refractivity contribution in [2.75, 3.05) is 6.54 Å². The number of fused-ring (bicyclic) bond motifs is 1. The van der Waals surface area contributed by atoms with Gasteiger partial charge in [0.2, 0.25) is 0 Å². The fourth-order valence-electron chi connectivity index (χ4n) is 3.42. The Morgan fingerprint density at radius 2 is 2.04 bits per heavy atom. The highest BCUT2D eigenvalue weighted by Gasteiger charge is 2.31. The van der Waals surface area contributed by atoms with Crippen LogP contribution in [-0.4, -0.2) is 32.6 Å². The smallest absolute Gasteiger partial charge is 0.407 e. The molecule has 1 saturated heterocycles. The lowest BCUT2D eigenvalue weighted by Crippen LogP contribution is -2.29. The molecule has 2 aromatic carbocycles. The number of halogens is 1. The summed E-state index contributed by atoms with van der Waals surface area (Å²) in [7, 11) is 0. The number of nitrogens with one attached hydrogen (secondary N) is 1. The molecule has 1 aliphatic rings. The number of benzene rings is 2. The van der Waals surface area contributed by atoms with Crippen molar-refractivity contribution in [2.45, 2.75) is 18.9 Å². The summed E-state index contributed by atoms with van der Waals surface area (Å²) >= 11 is 3.59. The molecule has 6 heteroatoms. The van der Waals surface area contributed by atoms with Gasteiger partial charge in [0.25, 0.3) is 0 Å². The van der Waals surface area contributed by atoms with Crippen molar-refractivity contribution in [1.29, 1.82) is 0 Å². The van der Waals surface area contributed by atoms with E-state index in [1.807, 2.05) is 24.3 Å².